The molecule has 8 heteroatoms. The minimum atomic E-state index is -1.13. The van der Waals surface area contributed by atoms with Gasteiger partial charge in [0.15, 0.2) is 6.10 Å². The molecule has 8 nitrogen and oxygen atoms in total. The van der Waals surface area contributed by atoms with Crippen molar-refractivity contribution in [3.63, 3.8) is 0 Å². The van der Waals surface area contributed by atoms with E-state index in [2.05, 4.69) is 98.9 Å². The van der Waals surface area contributed by atoms with E-state index in [9.17, 15) is 19.5 Å². The Morgan fingerprint density at radius 2 is 0.862 bits per heavy atom. The summed E-state index contributed by atoms with van der Waals surface area (Å²) in [5, 5.41) is 11.7. The number of quaternary nitrogens is 1. The van der Waals surface area contributed by atoms with Gasteiger partial charge in [-0.15, -0.1) is 0 Å². The summed E-state index contributed by atoms with van der Waals surface area (Å²) in [4.78, 5) is 37.0. The number of aliphatic carboxylic acids is 1. The highest BCUT2D eigenvalue weighted by Crippen LogP contribution is 2.15. The van der Waals surface area contributed by atoms with E-state index in [0.29, 0.717) is 12.8 Å². The number of ether oxygens (including phenoxy) is 3. The first-order chi connectivity index (χ1) is 31.6. The van der Waals surface area contributed by atoms with Crippen LogP contribution >= 0.6 is 0 Å². The fraction of sp³-hybridized carbons (Fsp3) is 0.702. The summed E-state index contributed by atoms with van der Waals surface area (Å²) in [5.74, 6) is -1.81. The first-order valence-electron chi connectivity index (χ1n) is 26.1. The predicted octanol–water partition coefficient (Wildman–Crippen LogP) is 13.9. The molecule has 0 bridgehead atoms. The monoisotopic (exact) mass is 908 g/mol. The topological polar surface area (TPSA) is 102 Å². The van der Waals surface area contributed by atoms with Crippen LogP contribution in [0.3, 0.4) is 0 Å². The Bertz CT molecular complexity index is 1330. The Morgan fingerprint density at radius 3 is 1.26 bits per heavy atom. The minimum absolute atomic E-state index is 0.0202. The summed E-state index contributed by atoms with van der Waals surface area (Å²) >= 11 is 0. The molecule has 0 fully saturated rings. The van der Waals surface area contributed by atoms with E-state index >= 15 is 0 Å². The van der Waals surface area contributed by atoms with Crippen LogP contribution in [0.15, 0.2) is 85.1 Å². The first kappa shape index (κ1) is 61.5. The number of carbonyl (C=O) groups is 3. The lowest BCUT2D eigenvalue weighted by Gasteiger charge is -2.34. The Kier molecular flexibility index (Phi) is 44.5. The molecule has 2 atom stereocenters. The molecule has 0 heterocycles. The maximum absolute atomic E-state index is 12.8. The van der Waals surface area contributed by atoms with Crippen molar-refractivity contribution < 1.29 is 38.2 Å². The molecule has 0 radical (unpaired) electrons. The molecule has 0 N–H and O–H groups in total. The fourth-order valence-corrected chi connectivity index (χ4v) is 7.30. The maximum Gasteiger partial charge on any atom is 0.306 e. The van der Waals surface area contributed by atoms with Gasteiger partial charge in [0.2, 0.25) is 0 Å². The number of allylic oxidation sites excluding steroid dienone is 14. The summed E-state index contributed by atoms with van der Waals surface area (Å²) in [6, 6.07) is -0.738. The molecular formula is C57H97NO7. The van der Waals surface area contributed by atoms with E-state index in [1.165, 1.54) is 96.3 Å². The normalized spacial score (nSPS) is 13.6. The van der Waals surface area contributed by atoms with Crippen molar-refractivity contribution in [3.8, 4) is 0 Å². The molecule has 0 aliphatic heterocycles. The van der Waals surface area contributed by atoms with E-state index in [-0.39, 0.29) is 49.1 Å². The van der Waals surface area contributed by atoms with E-state index in [0.717, 1.165) is 70.6 Å². The first-order valence-corrected chi connectivity index (χ1v) is 26.1. The number of rotatable bonds is 46. The summed E-state index contributed by atoms with van der Waals surface area (Å²) in [5.41, 5.74) is 0. The van der Waals surface area contributed by atoms with Gasteiger partial charge in [0.05, 0.1) is 40.3 Å². The molecule has 0 aliphatic carbocycles. The van der Waals surface area contributed by atoms with Crippen LogP contribution in [0.5, 0.6) is 0 Å². The standard InChI is InChI=1S/C57H97NO7/c1-6-8-10-12-14-16-18-20-22-24-26-27-28-29-30-32-33-35-37-39-41-43-45-47-55(59)64-52-53(51-63-50-49-54(57(61)62)58(3,4)5)65-56(60)48-46-44-42-40-38-36-34-31-25-23-21-19-17-15-13-11-9-7-2/h8,10,14,16,20,22,26-27,29-30,33,35,39,41,53-54H,6-7,9,11-13,15,17-19,21,23-25,28,31-32,34,36-38,40,42-52H2,1-5H3/b10-8+,16-14+,22-20+,27-26+,30-29+,35-33+,41-39+. The third-order valence-electron chi connectivity index (χ3n) is 11.3. The van der Waals surface area contributed by atoms with Crippen LogP contribution in [0.1, 0.15) is 206 Å². The summed E-state index contributed by atoms with van der Waals surface area (Å²) < 4.78 is 17.2. The molecule has 0 aromatic carbocycles. The quantitative estimate of drug-likeness (QED) is 0.0259. The van der Waals surface area contributed by atoms with E-state index < -0.39 is 18.1 Å². The van der Waals surface area contributed by atoms with Crippen LogP contribution < -0.4 is 5.11 Å². The van der Waals surface area contributed by atoms with Crippen molar-refractivity contribution in [3.05, 3.63) is 85.1 Å². The van der Waals surface area contributed by atoms with Gasteiger partial charge in [0.25, 0.3) is 0 Å². The second-order valence-corrected chi connectivity index (χ2v) is 18.4. The summed E-state index contributed by atoms with van der Waals surface area (Å²) in [6.45, 7) is 4.50. The number of nitrogens with zero attached hydrogens (tertiary/aromatic N) is 1. The molecule has 0 saturated carbocycles. The lowest BCUT2D eigenvalue weighted by molar-refractivity contribution is -0.889. The van der Waals surface area contributed by atoms with Crippen molar-refractivity contribution in [1.82, 2.24) is 0 Å². The zero-order valence-electron chi connectivity index (χ0n) is 42.4. The predicted molar refractivity (Wildman–Crippen MR) is 272 cm³/mol. The Morgan fingerprint density at radius 1 is 0.477 bits per heavy atom. The largest absolute Gasteiger partial charge is 0.544 e. The van der Waals surface area contributed by atoms with E-state index in [1.807, 2.05) is 0 Å². The summed E-state index contributed by atoms with van der Waals surface area (Å²) in [6.07, 6.45) is 61.9. The number of likely N-dealkylation sites (N-methyl/N-ethyl adjacent to an activating group) is 1. The third kappa shape index (κ3) is 45.5. The molecule has 372 valence electrons. The highest BCUT2D eigenvalue weighted by atomic mass is 16.6. The highest BCUT2D eigenvalue weighted by molar-refractivity contribution is 5.70. The Labute approximate surface area is 399 Å². The summed E-state index contributed by atoms with van der Waals surface area (Å²) in [7, 11) is 5.40. The maximum atomic E-state index is 12.8. The average molecular weight is 908 g/mol. The van der Waals surface area contributed by atoms with Gasteiger partial charge < -0.3 is 28.6 Å². The van der Waals surface area contributed by atoms with Crippen LogP contribution in [0.2, 0.25) is 0 Å². The Balaban J connectivity index is 4.35. The van der Waals surface area contributed by atoms with Gasteiger partial charge in [-0.2, -0.15) is 0 Å². The lowest BCUT2D eigenvalue weighted by atomic mass is 10.0. The second kappa shape index (κ2) is 47.0. The molecule has 0 aromatic heterocycles. The number of hydrogen-bond acceptors (Lipinski definition) is 7. The molecule has 65 heavy (non-hydrogen) atoms. The number of carboxylic acids is 1. The zero-order valence-corrected chi connectivity index (χ0v) is 42.4. The van der Waals surface area contributed by atoms with Crippen molar-refractivity contribution in [2.75, 3.05) is 41.0 Å². The minimum Gasteiger partial charge on any atom is -0.544 e. The molecule has 0 spiro atoms. The van der Waals surface area contributed by atoms with Crippen molar-refractivity contribution >= 4 is 17.9 Å². The zero-order chi connectivity index (χ0) is 47.7. The van der Waals surface area contributed by atoms with Crippen LogP contribution in [-0.4, -0.2) is 75.5 Å². The fourth-order valence-electron chi connectivity index (χ4n) is 7.30. The SMILES string of the molecule is CC/C=C/C/C=C/C/C=C/C/C=C/C/C=C/C/C=C/C/C=C/CCCC(=O)OCC(COCCC(C(=O)[O-])[N+](C)(C)C)OC(=O)CCCCCCCCCCCCCCCCCCCC. The van der Waals surface area contributed by atoms with Crippen molar-refractivity contribution in [2.45, 2.75) is 219 Å². The molecule has 0 rings (SSSR count). The molecule has 0 saturated heterocycles. The van der Waals surface area contributed by atoms with Crippen molar-refractivity contribution in [2.24, 2.45) is 0 Å². The molecular weight excluding hydrogens is 811 g/mol. The van der Waals surface area contributed by atoms with Gasteiger partial charge in [-0.25, -0.2) is 0 Å². The number of esters is 2. The van der Waals surface area contributed by atoms with E-state index in [1.54, 1.807) is 21.1 Å². The van der Waals surface area contributed by atoms with Crippen LogP contribution in [-0.2, 0) is 28.6 Å². The number of carboxylic acid groups (broad SMARTS) is 1. The van der Waals surface area contributed by atoms with Crippen LogP contribution in [0.25, 0.3) is 0 Å². The van der Waals surface area contributed by atoms with Crippen LogP contribution in [0, 0.1) is 0 Å². The molecule has 0 aromatic rings. The van der Waals surface area contributed by atoms with Crippen LogP contribution in [0.4, 0.5) is 0 Å². The van der Waals surface area contributed by atoms with Gasteiger partial charge in [-0.1, -0.05) is 208 Å². The van der Waals surface area contributed by atoms with Gasteiger partial charge in [-0.3, -0.25) is 9.59 Å². The molecule has 0 aliphatic rings. The van der Waals surface area contributed by atoms with Gasteiger partial charge in [0.1, 0.15) is 12.6 Å². The van der Waals surface area contributed by atoms with Gasteiger partial charge in [-0.05, 0) is 64.2 Å². The smallest absolute Gasteiger partial charge is 0.306 e. The van der Waals surface area contributed by atoms with Gasteiger partial charge >= 0.3 is 11.9 Å². The average Bonchev–Trinajstić information content (AvgIpc) is 3.27. The number of unbranched alkanes of at least 4 members (excludes halogenated alkanes) is 18. The Hall–Kier alpha value is -3.49. The molecule has 2 unspecified atom stereocenters. The lowest BCUT2D eigenvalue weighted by Crippen LogP contribution is -2.55. The third-order valence-corrected chi connectivity index (χ3v) is 11.3. The highest BCUT2D eigenvalue weighted by Gasteiger charge is 2.25. The van der Waals surface area contributed by atoms with Gasteiger partial charge in [0, 0.05) is 19.3 Å². The second-order valence-electron chi connectivity index (χ2n) is 18.4. The van der Waals surface area contributed by atoms with E-state index in [4.69, 9.17) is 14.2 Å². The molecule has 0 amide bonds. The number of carbonyl (C=O) groups excluding carboxylic acids is 3. The van der Waals surface area contributed by atoms with Crippen molar-refractivity contribution in [1.29, 1.82) is 0 Å². The number of hydrogen-bond donors (Lipinski definition) is 0.